The van der Waals surface area contributed by atoms with Crippen LogP contribution in [-0.4, -0.2) is 51.4 Å². The molecule has 1 aromatic carbocycles. The second kappa shape index (κ2) is 7.24. The van der Waals surface area contributed by atoms with Gasteiger partial charge in [0, 0.05) is 25.0 Å². The first kappa shape index (κ1) is 16.3. The maximum absolute atomic E-state index is 12.1. The largest absolute Gasteiger partial charge is 0.367 e. The van der Waals surface area contributed by atoms with Crippen LogP contribution in [0.1, 0.15) is 19.8 Å². The number of benzene rings is 1. The Bertz CT molecular complexity index is 533. The van der Waals surface area contributed by atoms with Crippen molar-refractivity contribution in [2.45, 2.75) is 25.1 Å². The van der Waals surface area contributed by atoms with E-state index in [-0.39, 0.29) is 0 Å². The summed E-state index contributed by atoms with van der Waals surface area (Å²) >= 11 is 0. The lowest BCUT2D eigenvalue weighted by Crippen LogP contribution is -2.56. The first-order chi connectivity index (χ1) is 10.0. The van der Waals surface area contributed by atoms with Crippen LogP contribution in [0.3, 0.4) is 0 Å². The summed E-state index contributed by atoms with van der Waals surface area (Å²) in [6, 6.07) is 9.91. The second-order valence-electron chi connectivity index (χ2n) is 5.39. The third kappa shape index (κ3) is 4.43. The summed E-state index contributed by atoms with van der Waals surface area (Å²) < 4.78 is 24.1. The van der Waals surface area contributed by atoms with E-state index in [1.807, 2.05) is 30.3 Å². The van der Waals surface area contributed by atoms with Crippen molar-refractivity contribution < 1.29 is 13.3 Å². The van der Waals surface area contributed by atoms with Crippen LogP contribution in [0.5, 0.6) is 0 Å². The average Bonchev–Trinajstić information content (AvgIpc) is 2.47. The summed E-state index contributed by atoms with van der Waals surface area (Å²) in [6.45, 7) is 4.46. The Hall–Kier alpha value is -1.11. The molecule has 1 unspecified atom stereocenters. The van der Waals surface area contributed by atoms with Crippen LogP contribution >= 0.6 is 0 Å². The molecule has 1 aliphatic heterocycles. The van der Waals surface area contributed by atoms with E-state index in [0.717, 1.165) is 25.1 Å². The summed E-state index contributed by atoms with van der Waals surface area (Å²) in [5, 5.41) is 1.04. The summed E-state index contributed by atoms with van der Waals surface area (Å²) in [5.41, 5.74) is 1.05. The zero-order valence-corrected chi connectivity index (χ0v) is 13.6. The maximum Gasteiger partial charge on any atom is 0.167 e. The molecule has 0 amide bonds. The number of hydrogen-bond donors (Lipinski definition) is 0. The van der Waals surface area contributed by atoms with Crippen molar-refractivity contribution >= 4 is 15.5 Å². The predicted octanol–water partition coefficient (Wildman–Crippen LogP) is 1.91. The molecule has 0 aromatic heterocycles. The molecule has 0 saturated carbocycles. The highest BCUT2D eigenvalue weighted by Gasteiger charge is 2.35. The summed E-state index contributed by atoms with van der Waals surface area (Å²) in [5.74, 6) is 0. The average molecular weight is 312 g/mol. The highest BCUT2D eigenvalue weighted by molar-refractivity contribution is 7.91. The van der Waals surface area contributed by atoms with Crippen molar-refractivity contribution in [1.82, 2.24) is 5.06 Å². The molecule has 0 radical (unpaired) electrons. The van der Waals surface area contributed by atoms with Crippen molar-refractivity contribution in [2.24, 2.45) is 0 Å². The molecule has 1 heterocycles. The monoisotopic (exact) mass is 312 g/mol. The molecule has 1 aliphatic rings. The molecule has 6 heteroatoms. The van der Waals surface area contributed by atoms with Crippen LogP contribution in [-0.2, 0) is 14.7 Å². The van der Waals surface area contributed by atoms with E-state index >= 15 is 0 Å². The van der Waals surface area contributed by atoms with Gasteiger partial charge < -0.3 is 4.90 Å². The molecule has 0 bridgehead atoms. The lowest BCUT2D eigenvalue weighted by atomic mass is 10.2. The van der Waals surface area contributed by atoms with Gasteiger partial charge in [0.05, 0.1) is 13.2 Å². The normalized spacial score (nSPS) is 20.7. The highest BCUT2D eigenvalue weighted by Crippen LogP contribution is 2.21. The van der Waals surface area contributed by atoms with Gasteiger partial charge in [0.25, 0.3) is 0 Å². The van der Waals surface area contributed by atoms with Gasteiger partial charge in [0.2, 0.25) is 0 Å². The first-order valence-corrected chi connectivity index (χ1v) is 9.36. The van der Waals surface area contributed by atoms with Crippen molar-refractivity contribution in [2.75, 3.05) is 37.4 Å². The van der Waals surface area contributed by atoms with Crippen LogP contribution in [0.4, 0.5) is 5.69 Å². The zero-order chi connectivity index (χ0) is 15.3. The number of hydrogen-bond acceptors (Lipinski definition) is 5. The van der Waals surface area contributed by atoms with Gasteiger partial charge in [-0.05, 0) is 18.6 Å². The van der Waals surface area contributed by atoms with Crippen LogP contribution in [0.15, 0.2) is 30.3 Å². The van der Waals surface area contributed by atoms with E-state index in [1.54, 1.807) is 5.06 Å². The van der Waals surface area contributed by atoms with Crippen LogP contribution in [0.25, 0.3) is 0 Å². The molecule has 2 rings (SSSR count). The quantitative estimate of drug-likeness (QED) is 0.751. The fraction of sp³-hybridized carbons (Fsp3) is 0.600. The topological polar surface area (TPSA) is 49.9 Å². The number of piperazine rings is 1. The standard InChI is InChI=1S/C15H24N2O3S/c1-3-4-12-20-17-11-10-16(13-15(17)21(2,18)19)14-8-6-5-7-9-14/h5-9,15H,3-4,10-13H2,1-2H3. The minimum Gasteiger partial charge on any atom is -0.367 e. The van der Waals surface area contributed by atoms with Gasteiger partial charge in [-0.1, -0.05) is 31.5 Å². The predicted molar refractivity (Wildman–Crippen MR) is 84.9 cm³/mol. The summed E-state index contributed by atoms with van der Waals surface area (Å²) in [7, 11) is -3.19. The third-order valence-electron chi connectivity index (χ3n) is 3.66. The van der Waals surface area contributed by atoms with Gasteiger partial charge in [-0.25, -0.2) is 8.42 Å². The Labute approximate surface area is 127 Å². The Kier molecular flexibility index (Phi) is 5.61. The Balaban J connectivity index is 2.08. The van der Waals surface area contributed by atoms with E-state index in [4.69, 9.17) is 4.84 Å². The summed E-state index contributed by atoms with van der Waals surface area (Å²) in [6.07, 6.45) is 3.26. The van der Waals surface area contributed by atoms with E-state index < -0.39 is 15.2 Å². The lowest BCUT2D eigenvalue weighted by Gasteiger charge is -2.40. The minimum absolute atomic E-state index is 0.439. The number of rotatable bonds is 6. The van der Waals surface area contributed by atoms with Crippen molar-refractivity contribution in [1.29, 1.82) is 0 Å². The molecule has 1 aromatic rings. The number of nitrogens with zero attached hydrogens (tertiary/aromatic N) is 2. The maximum atomic E-state index is 12.1. The fourth-order valence-corrected chi connectivity index (χ4v) is 3.47. The smallest absolute Gasteiger partial charge is 0.167 e. The number of sulfone groups is 1. The van der Waals surface area contributed by atoms with E-state index in [0.29, 0.717) is 19.7 Å². The van der Waals surface area contributed by atoms with E-state index in [2.05, 4.69) is 11.8 Å². The molecule has 0 N–H and O–H groups in total. The molecule has 1 atom stereocenters. The van der Waals surface area contributed by atoms with Crippen LogP contribution < -0.4 is 4.90 Å². The van der Waals surface area contributed by atoms with E-state index in [1.165, 1.54) is 6.26 Å². The zero-order valence-electron chi connectivity index (χ0n) is 12.7. The molecule has 1 fully saturated rings. The van der Waals surface area contributed by atoms with Crippen LogP contribution in [0, 0.1) is 0 Å². The van der Waals surface area contributed by atoms with E-state index in [9.17, 15) is 8.42 Å². The fourth-order valence-electron chi connectivity index (χ4n) is 2.43. The molecule has 21 heavy (non-hydrogen) atoms. The number of hydroxylamine groups is 2. The molecule has 118 valence electrons. The highest BCUT2D eigenvalue weighted by atomic mass is 32.2. The molecule has 0 aliphatic carbocycles. The molecular weight excluding hydrogens is 288 g/mol. The van der Waals surface area contributed by atoms with Gasteiger partial charge in [0.15, 0.2) is 15.2 Å². The molecular formula is C15H24N2O3S. The van der Waals surface area contributed by atoms with Crippen molar-refractivity contribution in [3.63, 3.8) is 0 Å². The SMILES string of the molecule is CCCCON1CCN(c2ccccc2)CC1S(C)(=O)=O. The Morgan fingerprint density at radius 2 is 1.95 bits per heavy atom. The first-order valence-electron chi connectivity index (χ1n) is 7.41. The number of unbranched alkanes of at least 4 members (excludes halogenated alkanes) is 1. The number of anilines is 1. The van der Waals surface area contributed by atoms with Gasteiger partial charge in [-0.3, -0.25) is 4.84 Å². The van der Waals surface area contributed by atoms with Crippen molar-refractivity contribution in [3.8, 4) is 0 Å². The summed E-state index contributed by atoms with van der Waals surface area (Å²) in [4.78, 5) is 7.78. The van der Waals surface area contributed by atoms with Crippen LogP contribution in [0.2, 0.25) is 0 Å². The van der Waals surface area contributed by atoms with Gasteiger partial charge in [0.1, 0.15) is 0 Å². The second-order valence-corrected chi connectivity index (χ2v) is 7.60. The van der Waals surface area contributed by atoms with Gasteiger partial charge in [-0.15, -0.1) is 0 Å². The lowest BCUT2D eigenvalue weighted by molar-refractivity contribution is -0.172. The van der Waals surface area contributed by atoms with Gasteiger partial charge in [-0.2, -0.15) is 5.06 Å². The Morgan fingerprint density at radius 1 is 1.24 bits per heavy atom. The van der Waals surface area contributed by atoms with Crippen molar-refractivity contribution in [3.05, 3.63) is 30.3 Å². The van der Waals surface area contributed by atoms with Gasteiger partial charge >= 0.3 is 0 Å². The molecule has 5 nitrogen and oxygen atoms in total. The Morgan fingerprint density at radius 3 is 2.57 bits per heavy atom. The molecule has 0 spiro atoms. The third-order valence-corrected chi connectivity index (χ3v) is 5.03. The number of para-hydroxylation sites is 1. The molecule has 1 saturated heterocycles. The minimum atomic E-state index is -3.19.